The van der Waals surface area contributed by atoms with Crippen molar-refractivity contribution < 1.29 is 9.05 Å². The summed E-state index contributed by atoms with van der Waals surface area (Å²) in [4.78, 5) is 0. The third-order valence-electron chi connectivity index (χ3n) is 4.97. The Bertz CT molecular complexity index is 866. The Morgan fingerprint density at radius 1 is 0.515 bits per heavy atom. The monoisotopic (exact) mass is 462 g/mol. The van der Waals surface area contributed by atoms with Gasteiger partial charge in [0.15, 0.2) is 11.6 Å². The summed E-state index contributed by atoms with van der Waals surface area (Å²) >= 11 is 0. The van der Waals surface area contributed by atoms with E-state index in [1.165, 1.54) is 0 Å². The van der Waals surface area contributed by atoms with Gasteiger partial charge in [0.25, 0.3) is 0 Å². The standard InChI is InChI=1S/2C5H9N3.2C5H8N2O.CH4/c2*1-3-4(2)7-8-5(3)6;2*1-3-4(2)8-7-5(3)6;/h2*1-2H3,(H3,6,7,8);2*1-2H3,(H2,6,7);1H4. The molecule has 0 atom stereocenters. The van der Waals surface area contributed by atoms with Crippen molar-refractivity contribution in [1.82, 2.24) is 30.7 Å². The number of nitrogens with zero attached hydrogens (tertiary/aromatic N) is 4. The highest BCUT2D eigenvalue weighted by atomic mass is 16.5. The minimum atomic E-state index is 0. The molecule has 4 aromatic heterocycles. The molecular formula is C21H38N10O2. The lowest BCUT2D eigenvalue weighted by Crippen LogP contribution is -1.85. The first-order chi connectivity index (χ1) is 14.9. The molecule has 12 nitrogen and oxygen atoms in total. The Labute approximate surface area is 194 Å². The quantitative estimate of drug-likeness (QED) is 0.223. The van der Waals surface area contributed by atoms with Crippen molar-refractivity contribution >= 4 is 23.3 Å². The molecule has 4 rings (SSSR count). The third kappa shape index (κ3) is 8.24. The van der Waals surface area contributed by atoms with E-state index in [1.807, 2.05) is 55.4 Å². The van der Waals surface area contributed by atoms with E-state index >= 15 is 0 Å². The van der Waals surface area contributed by atoms with E-state index in [-0.39, 0.29) is 7.43 Å². The van der Waals surface area contributed by atoms with Crippen LogP contribution in [0, 0.1) is 55.4 Å². The molecule has 0 unspecified atom stereocenters. The van der Waals surface area contributed by atoms with Gasteiger partial charge in [-0.05, 0) is 55.4 Å². The van der Waals surface area contributed by atoms with Gasteiger partial charge < -0.3 is 32.0 Å². The van der Waals surface area contributed by atoms with Crippen LogP contribution in [0.4, 0.5) is 23.3 Å². The second-order valence-corrected chi connectivity index (χ2v) is 7.22. The molecule has 0 bridgehead atoms. The Balaban J connectivity index is 0.000000410. The van der Waals surface area contributed by atoms with Gasteiger partial charge in [0, 0.05) is 33.6 Å². The fourth-order valence-electron chi connectivity index (χ4n) is 1.88. The molecule has 10 N–H and O–H groups in total. The molecule has 33 heavy (non-hydrogen) atoms. The number of rotatable bonds is 0. The fraction of sp³-hybridized carbons (Fsp3) is 0.429. The van der Waals surface area contributed by atoms with Crippen LogP contribution in [0.5, 0.6) is 0 Å². The lowest BCUT2D eigenvalue weighted by atomic mass is 10.3. The van der Waals surface area contributed by atoms with Crippen LogP contribution in [0.2, 0.25) is 0 Å². The first kappa shape index (κ1) is 29.0. The predicted octanol–water partition coefficient (Wildman–Crippen LogP) is 3.60. The molecule has 0 aliphatic rings. The number of H-pyrrole nitrogens is 2. The molecule has 12 heteroatoms. The first-order valence-corrected chi connectivity index (χ1v) is 9.77. The zero-order chi connectivity index (χ0) is 24.6. The Morgan fingerprint density at radius 2 is 0.818 bits per heavy atom. The van der Waals surface area contributed by atoms with Crippen LogP contribution in [0.3, 0.4) is 0 Å². The van der Waals surface area contributed by atoms with E-state index in [0.29, 0.717) is 23.3 Å². The summed E-state index contributed by atoms with van der Waals surface area (Å²) in [5, 5.41) is 20.1. The van der Waals surface area contributed by atoms with Gasteiger partial charge in [-0.25, -0.2) is 0 Å². The van der Waals surface area contributed by atoms with E-state index in [1.54, 1.807) is 0 Å². The third-order valence-corrected chi connectivity index (χ3v) is 4.97. The zero-order valence-electron chi connectivity index (χ0n) is 19.9. The Kier molecular flexibility index (Phi) is 11.3. The highest BCUT2D eigenvalue weighted by molar-refractivity contribution is 5.40. The minimum Gasteiger partial charge on any atom is -0.382 e. The van der Waals surface area contributed by atoms with Crippen LogP contribution in [0.1, 0.15) is 52.6 Å². The van der Waals surface area contributed by atoms with Gasteiger partial charge in [-0.3, -0.25) is 10.2 Å². The summed E-state index contributed by atoms with van der Waals surface area (Å²) in [5.41, 5.74) is 27.5. The van der Waals surface area contributed by atoms with Gasteiger partial charge in [-0.15, -0.1) is 0 Å². The topological polar surface area (TPSA) is 214 Å². The van der Waals surface area contributed by atoms with Crippen LogP contribution in [0.25, 0.3) is 0 Å². The van der Waals surface area contributed by atoms with Crippen LogP contribution >= 0.6 is 0 Å². The first-order valence-electron chi connectivity index (χ1n) is 9.77. The molecule has 0 fully saturated rings. The summed E-state index contributed by atoms with van der Waals surface area (Å²) in [6.07, 6.45) is 0. The van der Waals surface area contributed by atoms with Gasteiger partial charge in [-0.1, -0.05) is 17.7 Å². The van der Waals surface area contributed by atoms with Gasteiger partial charge in [0.2, 0.25) is 0 Å². The molecule has 184 valence electrons. The number of anilines is 4. The predicted molar refractivity (Wildman–Crippen MR) is 132 cm³/mol. The largest absolute Gasteiger partial charge is 0.382 e. The fourth-order valence-corrected chi connectivity index (χ4v) is 1.88. The number of hydrogen-bond acceptors (Lipinski definition) is 10. The molecule has 0 aromatic carbocycles. The average molecular weight is 463 g/mol. The van der Waals surface area contributed by atoms with Crippen LogP contribution in [-0.4, -0.2) is 30.7 Å². The van der Waals surface area contributed by atoms with E-state index < -0.39 is 0 Å². The highest BCUT2D eigenvalue weighted by Gasteiger charge is 2.02. The molecule has 0 spiro atoms. The molecule has 4 heterocycles. The molecule has 0 saturated heterocycles. The molecule has 0 aliphatic heterocycles. The molecule has 0 aliphatic carbocycles. The Morgan fingerprint density at radius 3 is 0.879 bits per heavy atom. The second kappa shape index (κ2) is 12.8. The van der Waals surface area contributed by atoms with Gasteiger partial charge in [0.05, 0.1) is 0 Å². The number of nitrogens with two attached hydrogens (primary N) is 4. The second-order valence-electron chi connectivity index (χ2n) is 7.22. The lowest BCUT2D eigenvalue weighted by molar-refractivity contribution is 0.399. The summed E-state index contributed by atoms with van der Waals surface area (Å²) < 4.78 is 9.44. The maximum Gasteiger partial charge on any atom is 0.169 e. The molecule has 4 aromatic rings. The summed E-state index contributed by atoms with van der Waals surface area (Å²) in [6.45, 7) is 15.2. The normalized spacial score (nSPS) is 9.45. The van der Waals surface area contributed by atoms with Crippen LogP contribution in [0.15, 0.2) is 9.05 Å². The molecule has 0 saturated carbocycles. The average Bonchev–Trinajstić information content (AvgIpc) is 3.44. The van der Waals surface area contributed by atoms with Crippen molar-refractivity contribution in [2.24, 2.45) is 0 Å². The van der Waals surface area contributed by atoms with Crippen molar-refractivity contribution in [2.45, 2.75) is 62.8 Å². The number of aromatic amines is 2. The maximum atomic E-state index is 5.40. The zero-order valence-corrected chi connectivity index (χ0v) is 19.9. The summed E-state index contributed by atoms with van der Waals surface area (Å²) in [5.74, 6) is 3.76. The van der Waals surface area contributed by atoms with Crippen molar-refractivity contribution in [3.8, 4) is 0 Å². The number of nitrogens with one attached hydrogen (secondary N) is 2. The Hall–Kier alpha value is -3.96. The maximum absolute atomic E-state index is 5.40. The van der Waals surface area contributed by atoms with Gasteiger partial charge >= 0.3 is 0 Å². The SMILES string of the molecule is C.Cc1[nH]nc(N)c1C.Cc1[nH]nc(N)c1C.Cc1onc(N)c1C.Cc1onc(N)c1C. The van der Waals surface area contributed by atoms with E-state index in [4.69, 9.17) is 32.0 Å². The van der Waals surface area contributed by atoms with Crippen LogP contribution < -0.4 is 22.9 Å². The number of aromatic nitrogens is 6. The summed E-state index contributed by atoms with van der Waals surface area (Å²) in [7, 11) is 0. The number of hydrogen-bond donors (Lipinski definition) is 6. The number of aryl methyl sites for hydroxylation is 4. The van der Waals surface area contributed by atoms with Crippen molar-refractivity contribution in [2.75, 3.05) is 22.9 Å². The van der Waals surface area contributed by atoms with Gasteiger partial charge in [-0.2, -0.15) is 10.2 Å². The summed E-state index contributed by atoms with van der Waals surface area (Å²) in [6, 6.07) is 0. The smallest absolute Gasteiger partial charge is 0.169 e. The van der Waals surface area contributed by atoms with E-state index in [9.17, 15) is 0 Å². The highest BCUT2D eigenvalue weighted by Crippen LogP contribution is 2.12. The van der Waals surface area contributed by atoms with Crippen molar-refractivity contribution in [3.05, 3.63) is 45.2 Å². The molecule has 0 amide bonds. The van der Waals surface area contributed by atoms with E-state index in [0.717, 1.165) is 45.2 Å². The van der Waals surface area contributed by atoms with Gasteiger partial charge in [0.1, 0.15) is 23.2 Å². The minimum absolute atomic E-state index is 0. The lowest BCUT2D eigenvalue weighted by Gasteiger charge is -1.83. The molecule has 0 radical (unpaired) electrons. The van der Waals surface area contributed by atoms with Crippen molar-refractivity contribution in [3.63, 3.8) is 0 Å². The van der Waals surface area contributed by atoms with E-state index in [2.05, 4.69) is 30.7 Å². The van der Waals surface area contributed by atoms with Crippen molar-refractivity contribution in [1.29, 1.82) is 0 Å². The van der Waals surface area contributed by atoms with Crippen LogP contribution in [-0.2, 0) is 0 Å². The number of nitrogen functional groups attached to an aromatic ring is 4. The molecular weight excluding hydrogens is 424 g/mol.